The van der Waals surface area contributed by atoms with Crippen LogP contribution in [0.5, 0.6) is 0 Å². The number of anilines is 1. The minimum atomic E-state index is -0.697. The number of hydrogen-bond acceptors (Lipinski definition) is 6. The molecular weight excluding hydrogens is 446 g/mol. The van der Waals surface area contributed by atoms with Crippen LogP contribution in [0, 0.1) is 12.8 Å². The van der Waals surface area contributed by atoms with E-state index in [0.717, 1.165) is 17.0 Å². The first-order chi connectivity index (χ1) is 15.3. The molecule has 8 heteroatoms. The van der Waals surface area contributed by atoms with E-state index in [1.54, 1.807) is 30.3 Å². The zero-order valence-corrected chi connectivity index (χ0v) is 19.3. The Hall–Kier alpha value is -3.03. The molecule has 0 aliphatic carbocycles. The number of halogens is 1. The molecule has 1 atom stereocenters. The molecule has 162 valence electrons. The first-order valence-electron chi connectivity index (χ1n) is 10.3. The summed E-state index contributed by atoms with van der Waals surface area (Å²) in [6.07, 6.45) is 0.759. The minimum Gasteiger partial charge on any atom is -0.450 e. The number of carbonyl (C=O) groups excluding carboxylic acids is 1. The lowest BCUT2D eigenvalue weighted by atomic mass is 9.98. The standard InChI is InChI=1S/C24H20ClN3O3S/c1-12(2)9-18-26-27-24(32-18)28-20(14-5-4-6-15(25)11-14)19-21(29)16-10-13(3)7-8-17(16)31-22(19)23(28)30/h4-8,10-12,20H,9H2,1-3H3/t20-/m0/s1. The maximum Gasteiger partial charge on any atom is 0.297 e. The van der Waals surface area contributed by atoms with Crippen LogP contribution >= 0.6 is 22.9 Å². The molecule has 1 aliphatic rings. The molecule has 2 aromatic carbocycles. The van der Waals surface area contributed by atoms with Gasteiger partial charge in [-0.1, -0.05) is 60.5 Å². The molecule has 0 radical (unpaired) electrons. The van der Waals surface area contributed by atoms with Gasteiger partial charge >= 0.3 is 0 Å². The van der Waals surface area contributed by atoms with Crippen LogP contribution in [0.15, 0.2) is 51.7 Å². The number of hydrogen-bond donors (Lipinski definition) is 0. The highest BCUT2D eigenvalue weighted by atomic mass is 35.5. The number of carbonyl (C=O) groups is 1. The SMILES string of the molecule is Cc1ccc2oc3c(c(=O)c2c1)[C@H](c1cccc(Cl)c1)N(c1nnc(CC(C)C)s1)C3=O. The van der Waals surface area contributed by atoms with E-state index in [-0.39, 0.29) is 11.2 Å². The Labute approximate surface area is 193 Å². The van der Waals surface area contributed by atoms with Crippen LogP contribution in [0.25, 0.3) is 11.0 Å². The molecule has 0 bridgehead atoms. The summed E-state index contributed by atoms with van der Waals surface area (Å²) >= 11 is 7.62. The predicted octanol–water partition coefficient (Wildman–Crippen LogP) is 5.55. The van der Waals surface area contributed by atoms with Crippen LogP contribution in [0.2, 0.25) is 5.02 Å². The van der Waals surface area contributed by atoms with Crippen LogP contribution in [0.4, 0.5) is 5.13 Å². The highest BCUT2D eigenvalue weighted by Crippen LogP contribution is 2.42. The fourth-order valence-corrected chi connectivity index (χ4v) is 5.33. The monoisotopic (exact) mass is 465 g/mol. The molecule has 0 saturated carbocycles. The Morgan fingerprint density at radius 3 is 2.72 bits per heavy atom. The van der Waals surface area contributed by atoms with Crippen LogP contribution in [0.1, 0.15) is 52.1 Å². The van der Waals surface area contributed by atoms with Crippen LogP contribution in [-0.4, -0.2) is 16.1 Å². The lowest BCUT2D eigenvalue weighted by Gasteiger charge is -2.22. The zero-order valence-electron chi connectivity index (χ0n) is 17.8. The molecular formula is C24H20ClN3O3S. The van der Waals surface area contributed by atoms with Crippen molar-refractivity contribution >= 4 is 44.9 Å². The second-order valence-corrected chi connectivity index (χ2v) is 9.86. The van der Waals surface area contributed by atoms with Gasteiger partial charge in [0, 0.05) is 11.4 Å². The quantitative estimate of drug-likeness (QED) is 0.394. The fourth-order valence-electron chi connectivity index (χ4n) is 4.05. The van der Waals surface area contributed by atoms with E-state index >= 15 is 0 Å². The smallest absolute Gasteiger partial charge is 0.297 e. The number of amides is 1. The summed E-state index contributed by atoms with van der Waals surface area (Å²) in [6, 6.07) is 11.8. The van der Waals surface area contributed by atoms with E-state index in [1.807, 2.05) is 19.1 Å². The van der Waals surface area contributed by atoms with Crippen LogP contribution < -0.4 is 10.3 Å². The van der Waals surface area contributed by atoms with Crippen LogP contribution in [0.3, 0.4) is 0 Å². The van der Waals surface area contributed by atoms with Crippen molar-refractivity contribution in [2.45, 2.75) is 33.2 Å². The topological polar surface area (TPSA) is 76.3 Å². The average Bonchev–Trinajstić information content (AvgIpc) is 3.30. The molecule has 5 rings (SSSR count). The Bertz CT molecular complexity index is 1430. The lowest BCUT2D eigenvalue weighted by Crippen LogP contribution is -2.29. The number of rotatable bonds is 4. The van der Waals surface area contributed by atoms with Gasteiger partial charge in [0.15, 0.2) is 5.43 Å². The molecule has 1 aliphatic heterocycles. The normalized spacial score (nSPS) is 15.7. The average molecular weight is 466 g/mol. The van der Waals surface area contributed by atoms with Gasteiger partial charge in [0.2, 0.25) is 10.9 Å². The molecule has 0 fully saturated rings. The van der Waals surface area contributed by atoms with Crippen molar-refractivity contribution in [3.05, 3.63) is 85.2 Å². The summed E-state index contributed by atoms with van der Waals surface area (Å²) in [5, 5.41) is 10.8. The van der Waals surface area contributed by atoms with Gasteiger partial charge in [-0.3, -0.25) is 14.5 Å². The fraction of sp³-hybridized carbons (Fsp3) is 0.250. The summed E-state index contributed by atoms with van der Waals surface area (Å²) in [7, 11) is 0. The molecule has 1 amide bonds. The lowest BCUT2D eigenvalue weighted by molar-refractivity contribution is 0.0970. The molecule has 0 spiro atoms. The van der Waals surface area contributed by atoms with Crippen molar-refractivity contribution in [2.75, 3.05) is 4.90 Å². The number of aromatic nitrogens is 2. The van der Waals surface area contributed by atoms with Crippen LogP contribution in [-0.2, 0) is 6.42 Å². The van der Waals surface area contributed by atoms with Crippen molar-refractivity contribution in [3.63, 3.8) is 0 Å². The van der Waals surface area contributed by atoms with Gasteiger partial charge < -0.3 is 4.42 Å². The Balaban J connectivity index is 1.75. The number of benzene rings is 2. The number of nitrogens with zero attached hydrogens (tertiary/aromatic N) is 3. The van der Waals surface area contributed by atoms with Crippen molar-refractivity contribution in [1.82, 2.24) is 10.2 Å². The highest BCUT2D eigenvalue weighted by Gasteiger charge is 2.45. The van der Waals surface area contributed by atoms with Gasteiger partial charge in [0.1, 0.15) is 10.6 Å². The third-order valence-electron chi connectivity index (χ3n) is 5.44. The number of aryl methyl sites for hydroxylation is 1. The van der Waals surface area contributed by atoms with E-state index in [0.29, 0.717) is 38.2 Å². The van der Waals surface area contributed by atoms with Crippen molar-refractivity contribution in [1.29, 1.82) is 0 Å². The summed E-state index contributed by atoms with van der Waals surface area (Å²) in [6.45, 7) is 6.11. The third kappa shape index (κ3) is 3.42. The van der Waals surface area contributed by atoms with Gasteiger partial charge in [-0.05, 0) is 42.7 Å². The van der Waals surface area contributed by atoms with Crippen molar-refractivity contribution < 1.29 is 9.21 Å². The maximum atomic E-state index is 13.6. The third-order valence-corrected chi connectivity index (χ3v) is 6.62. The van der Waals surface area contributed by atoms with E-state index < -0.39 is 11.9 Å². The molecule has 0 unspecified atom stereocenters. The van der Waals surface area contributed by atoms with Gasteiger partial charge in [0.05, 0.1) is 17.0 Å². The molecule has 3 heterocycles. The largest absolute Gasteiger partial charge is 0.450 e. The molecule has 4 aromatic rings. The second-order valence-electron chi connectivity index (χ2n) is 8.38. The predicted molar refractivity (Wildman–Crippen MR) is 126 cm³/mol. The van der Waals surface area contributed by atoms with Gasteiger partial charge in [-0.25, -0.2) is 0 Å². The summed E-state index contributed by atoms with van der Waals surface area (Å²) in [5.74, 6) is 0.0384. The van der Waals surface area contributed by atoms with Crippen molar-refractivity contribution in [3.8, 4) is 0 Å². The Morgan fingerprint density at radius 2 is 1.97 bits per heavy atom. The minimum absolute atomic E-state index is 0.0388. The summed E-state index contributed by atoms with van der Waals surface area (Å²) in [4.78, 5) is 28.7. The van der Waals surface area contributed by atoms with E-state index in [4.69, 9.17) is 16.0 Å². The zero-order chi connectivity index (χ0) is 22.6. The van der Waals surface area contributed by atoms with Crippen molar-refractivity contribution in [2.24, 2.45) is 5.92 Å². The Morgan fingerprint density at radius 1 is 1.16 bits per heavy atom. The molecule has 32 heavy (non-hydrogen) atoms. The van der Waals surface area contributed by atoms with Gasteiger partial charge in [-0.2, -0.15) is 0 Å². The highest BCUT2D eigenvalue weighted by molar-refractivity contribution is 7.15. The molecule has 0 N–H and O–H groups in total. The molecule has 6 nitrogen and oxygen atoms in total. The molecule has 2 aromatic heterocycles. The summed E-state index contributed by atoms with van der Waals surface area (Å²) < 4.78 is 5.99. The summed E-state index contributed by atoms with van der Waals surface area (Å²) in [5.41, 5.74) is 2.11. The Kier molecular flexibility index (Phi) is 5.10. The van der Waals surface area contributed by atoms with Gasteiger partial charge in [0.25, 0.3) is 5.91 Å². The van der Waals surface area contributed by atoms with E-state index in [1.165, 1.54) is 16.2 Å². The van der Waals surface area contributed by atoms with E-state index in [2.05, 4.69) is 24.0 Å². The van der Waals surface area contributed by atoms with Gasteiger partial charge in [-0.15, -0.1) is 10.2 Å². The van der Waals surface area contributed by atoms with E-state index in [9.17, 15) is 9.59 Å². The molecule has 0 saturated heterocycles. The first kappa shape index (κ1) is 20.8. The second kappa shape index (κ2) is 7.83. The maximum absolute atomic E-state index is 13.6. The number of fused-ring (bicyclic) bond motifs is 2. The first-order valence-corrected chi connectivity index (χ1v) is 11.5.